The van der Waals surface area contributed by atoms with Crippen LogP contribution in [0, 0.1) is 6.92 Å². The lowest BCUT2D eigenvalue weighted by molar-refractivity contribution is 0.0949. The minimum absolute atomic E-state index is 0.0417. The predicted octanol–water partition coefficient (Wildman–Crippen LogP) is 3.24. The van der Waals surface area contributed by atoms with Gasteiger partial charge in [-0.15, -0.1) is 0 Å². The quantitative estimate of drug-likeness (QED) is 0.753. The summed E-state index contributed by atoms with van der Waals surface area (Å²) in [7, 11) is 0. The number of H-pyrrole nitrogens is 1. The molecule has 1 aliphatic rings. The van der Waals surface area contributed by atoms with Crippen molar-refractivity contribution < 1.29 is 4.79 Å². The fraction of sp³-hybridized carbons (Fsp3) is 0.250. The highest BCUT2D eigenvalue weighted by Gasteiger charge is 2.44. The number of nitrogens with one attached hydrogen (secondary N) is 2. The van der Waals surface area contributed by atoms with Crippen molar-refractivity contribution in [2.45, 2.75) is 25.2 Å². The molecule has 1 aliphatic carbocycles. The Labute approximate surface area is 146 Å². The van der Waals surface area contributed by atoms with Crippen molar-refractivity contribution in [1.29, 1.82) is 0 Å². The predicted molar refractivity (Wildman–Crippen MR) is 96.2 cm³/mol. The molecule has 3 aromatic rings. The third-order valence-electron chi connectivity index (χ3n) is 4.83. The Morgan fingerprint density at radius 3 is 2.44 bits per heavy atom. The van der Waals surface area contributed by atoms with Gasteiger partial charge < -0.3 is 5.32 Å². The Bertz CT molecular complexity index is 880. The van der Waals surface area contributed by atoms with E-state index in [1.165, 1.54) is 5.56 Å². The van der Waals surface area contributed by atoms with E-state index in [4.69, 9.17) is 0 Å². The van der Waals surface area contributed by atoms with Crippen molar-refractivity contribution in [2.75, 3.05) is 6.54 Å². The third kappa shape index (κ3) is 3.18. The van der Waals surface area contributed by atoms with Gasteiger partial charge in [0.15, 0.2) is 5.82 Å². The zero-order valence-corrected chi connectivity index (χ0v) is 14.1. The number of aromatic nitrogens is 3. The first kappa shape index (κ1) is 15.6. The maximum absolute atomic E-state index is 12.5. The lowest BCUT2D eigenvalue weighted by Gasteiger charge is -2.16. The van der Waals surface area contributed by atoms with Crippen LogP contribution in [0.25, 0.3) is 11.4 Å². The van der Waals surface area contributed by atoms with Crippen molar-refractivity contribution in [3.05, 3.63) is 71.5 Å². The van der Waals surface area contributed by atoms with Gasteiger partial charge >= 0.3 is 0 Å². The number of rotatable bonds is 5. The molecule has 0 saturated heterocycles. The standard InChI is InChI=1S/C20H20N4O/c1-14-22-18(24-23-14)15-7-9-16(10-8-15)19(25)21-13-20(11-12-20)17-5-3-2-4-6-17/h2-10H,11-13H2,1H3,(H,21,25)(H,22,23,24). The van der Waals surface area contributed by atoms with Crippen LogP contribution >= 0.6 is 0 Å². The van der Waals surface area contributed by atoms with Crippen LogP contribution in [0.1, 0.15) is 34.6 Å². The van der Waals surface area contributed by atoms with Crippen molar-refractivity contribution in [3.8, 4) is 11.4 Å². The molecule has 0 bridgehead atoms. The fourth-order valence-corrected chi connectivity index (χ4v) is 3.10. The molecular formula is C20H20N4O. The molecule has 0 spiro atoms. The van der Waals surface area contributed by atoms with Gasteiger partial charge in [0.1, 0.15) is 5.82 Å². The second-order valence-electron chi connectivity index (χ2n) is 6.65. The van der Waals surface area contributed by atoms with Gasteiger partial charge in [0, 0.05) is 23.1 Å². The molecule has 5 heteroatoms. The normalized spacial score (nSPS) is 14.9. The first-order valence-electron chi connectivity index (χ1n) is 8.49. The molecule has 0 aliphatic heterocycles. The lowest BCUT2D eigenvalue weighted by Crippen LogP contribution is -2.32. The molecule has 1 aromatic heterocycles. The Hall–Kier alpha value is -2.95. The van der Waals surface area contributed by atoms with Crippen LogP contribution in [0.4, 0.5) is 0 Å². The zero-order chi connectivity index (χ0) is 17.3. The summed E-state index contributed by atoms with van der Waals surface area (Å²) in [6.07, 6.45) is 2.25. The summed E-state index contributed by atoms with van der Waals surface area (Å²) in [5, 5.41) is 10.0. The van der Waals surface area contributed by atoms with Crippen LogP contribution in [0.3, 0.4) is 0 Å². The monoisotopic (exact) mass is 332 g/mol. The maximum atomic E-state index is 12.5. The van der Waals surface area contributed by atoms with E-state index in [0.29, 0.717) is 17.9 Å². The number of carbonyl (C=O) groups excluding carboxylic acids is 1. The summed E-state index contributed by atoms with van der Waals surface area (Å²) in [6.45, 7) is 2.54. The van der Waals surface area contributed by atoms with Crippen molar-refractivity contribution in [2.24, 2.45) is 0 Å². The van der Waals surface area contributed by atoms with Gasteiger partial charge in [-0.3, -0.25) is 9.89 Å². The topological polar surface area (TPSA) is 70.7 Å². The Balaban J connectivity index is 1.42. The summed E-state index contributed by atoms with van der Waals surface area (Å²) in [5.41, 5.74) is 2.97. The summed E-state index contributed by atoms with van der Waals surface area (Å²) in [4.78, 5) is 16.8. The van der Waals surface area contributed by atoms with E-state index >= 15 is 0 Å². The Kier molecular flexibility index (Phi) is 3.84. The molecule has 1 fully saturated rings. The summed E-state index contributed by atoms with van der Waals surface area (Å²) in [6, 6.07) is 17.8. The highest BCUT2D eigenvalue weighted by atomic mass is 16.1. The first-order chi connectivity index (χ1) is 12.2. The molecule has 126 valence electrons. The third-order valence-corrected chi connectivity index (χ3v) is 4.83. The minimum Gasteiger partial charge on any atom is -0.351 e. The number of carbonyl (C=O) groups is 1. The molecule has 5 nitrogen and oxygen atoms in total. The molecule has 1 heterocycles. The van der Waals surface area contributed by atoms with Crippen molar-refractivity contribution in [3.63, 3.8) is 0 Å². The summed E-state index contributed by atoms with van der Waals surface area (Å²) < 4.78 is 0. The second kappa shape index (κ2) is 6.16. The van der Waals surface area contributed by atoms with Crippen LogP contribution in [-0.2, 0) is 5.41 Å². The highest BCUT2D eigenvalue weighted by Crippen LogP contribution is 2.47. The zero-order valence-electron chi connectivity index (χ0n) is 14.1. The summed E-state index contributed by atoms with van der Waals surface area (Å²) >= 11 is 0. The van der Waals surface area contributed by atoms with Gasteiger partial charge in [-0.05, 0) is 37.5 Å². The molecule has 2 N–H and O–H groups in total. The molecular weight excluding hydrogens is 312 g/mol. The van der Waals surface area contributed by atoms with E-state index in [1.807, 2.05) is 37.3 Å². The fourth-order valence-electron chi connectivity index (χ4n) is 3.10. The van der Waals surface area contributed by atoms with Crippen LogP contribution in [-0.4, -0.2) is 27.6 Å². The number of aryl methyl sites for hydroxylation is 1. The molecule has 0 unspecified atom stereocenters. The molecule has 2 aromatic carbocycles. The van der Waals surface area contributed by atoms with Crippen LogP contribution in [0.15, 0.2) is 54.6 Å². The Morgan fingerprint density at radius 2 is 1.84 bits per heavy atom. The van der Waals surface area contributed by atoms with Gasteiger partial charge in [0.2, 0.25) is 0 Å². The number of hydrogen-bond acceptors (Lipinski definition) is 3. The largest absolute Gasteiger partial charge is 0.351 e. The van der Waals surface area contributed by atoms with Crippen LogP contribution in [0.2, 0.25) is 0 Å². The molecule has 1 saturated carbocycles. The summed E-state index contributed by atoms with van der Waals surface area (Å²) in [5.74, 6) is 1.37. The molecule has 0 atom stereocenters. The number of aromatic amines is 1. The molecule has 0 radical (unpaired) electrons. The average Bonchev–Trinajstić information content (AvgIpc) is 3.34. The van der Waals surface area contributed by atoms with Crippen LogP contribution in [0.5, 0.6) is 0 Å². The molecule has 4 rings (SSSR count). The number of amides is 1. The maximum Gasteiger partial charge on any atom is 0.251 e. The second-order valence-corrected chi connectivity index (χ2v) is 6.65. The lowest BCUT2D eigenvalue weighted by atomic mass is 9.96. The van der Waals surface area contributed by atoms with E-state index in [-0.39, 0.29) is 11.3 Å². The smallest absolute Gasteiger partial charge is 0.251 e. The highest BCUT2D eigenvalue weighted by molar-refractivity contribution is 5.94. The molecule has 25 heavy (non-hydrogen) atoms. The van der Waals surface area contributed by atoms with E-state index in [1.54, 1.807) is 0 Å². The van der Waals surface area contributed by atoms with E-state index in [0.717, 1.165) is 24.2 Å². The van der Waals surface area contributed by atoms with E-state index in [2.05, 4.69) is 44.8 Å². The first-order valence-corrected chi connectivity index (χ1v) is 8.49. The number of nitrogens with zero attached hydrogens (tertiary/aromatic N) is 2. The van der Waals surface area contributed by atoms with Gasteiger partial charge in [-0.2, -0.15) is 5.10 Å². The van der Waals surface area contributed by atoms with E-state index in [9.17, 15) is 4.79 Å². The SMILES string of the molecule is Cc1nc(-c2ccc(C(=O)NCC3(c4ccccc4)CC3)cc2)n[nH]1. The van der Waals surface area contributed by atoms with Gasteiger partial charge in [0.05, 0.1) is 0 Å². The molecule has 1 amide bonds. The van der Waals surface area contributed by atoms with Crippen molar-refractivity contribution in [1.82, 2.24) is 20.5 Å². The Morgan fingerprint density at radius 1 is 1.12 bits per heavy atom. The van der Waals surface area contributed by atoms with Gasteiger partial charge in [0.25, 0.3) is 5.91 Å². The number of benzene rings is 2. The minimum atomic E-state index is -0.0417. The number of hydrogen-bond donors (Lipinski definition) is 2. The van der Waals surface area contributed by atoms with Gasteiger partial charge in [-0.25, -0.2) is 4.98 Å². The van der Waals surface area contributed by atoms with Gasteiger partial charge in [-0.1, -0.05) is 42.5 Å². The van der Waals surface area contributed by atoms with Crippen molar-refractivity contribution >= 4 is 5.91 Å². The van der Waals surface area contributed by atoms with Crippen LogP contribution < -0.4 is 5.32 Å². The van der Waals surface area contributed by atoms with E-state index < -0.39 is 0 Å². The average molecular weight is 332 g/mol.